The van der Waals surface area contributed by atoms with Gasteiger partial charge in [-0.15, -0.1) is 0 Å². The molecule has 0 aromatic carbocycles. The van der Waals surface area contributed by atoms with E-state index in [0.29, 0.717) is 31.3 Å². The summed E-state index contributed by atoms with van der Waals surface area (Å²) in [4.78, 5) is 15.9. The van der Waals surface area contributed by atoms with Crippen molar-refractivity contribution in [2.45, 2.75) is 38.8 Å². The van der Waals surface area contributed by atoms with Crippen LogP contribution in [0.2, 0.25) is 0 Å². The average molecular weight is 268 g/mol. The smallest absolute Gasteiger partial charge is 0.237 e. The van der Waals surface area contributed by atoms with E-state index < -0.39 is 0 Å². The predicted octanol–water partition coefficient (Wildman–Crippen LogP) is 0.188. The van der Waals surface area contributed by atoms with Crippen molar-refractivity contribution in [2.75, 3.05) is 19.7 Å². The SMILES string of the molecule is CCOC(CC)c1noc(CC2NCCNC2=O)n1. The van der Waals surface area contributed by atoms with Gasteiger partial charge in [0.05, 0.1) is 12.5 Å². The lowest BCUT2D eigenvalue weighted by atomic mass is 10.1. The summed E-state index contributed by atoms with van der Waals surface area (Å²) < 4.78 is 10.7. The molecule has 1 saturated heterocycles. The molecule has 0 spiro atoms. The molecule has 0 aliphatic carbocycles. The summed E-state index contributed by atoms with van der Waals surface area (Å²) in [5.74, 6) is 0.987. The van der Waals surface area contributed by atoms with Gasteiger partial charge >= 0.3 is 0 Å². The van der Waals surface area contributed by atoms with E-state index in [-0.39, 0.29) is 18.1 Å². The lowest BCUT2D eigenvalue weighted by Crippen LogP contribution is -2.53. The van der Waals surface area contributed by atoms with Crippen LogP contribution in [0.4, 0.5) is 0 Å². The molecule has 1 fully saturated rings. The van der Waals surface area contributed by atoms with Crippen molar-refractivity contribution in [1.82, 2.24) is 20.8 Å². The largest absolute Gasteiger partial charge is 0.370 e. The number of aromatic nitrogens is 2. The summed E-state index contributed by atoms with van der Waals surface area (Å²) in [5, 5.41) is 9.85. The van der Waals surface area contributed by atoms with E-state index >= 15 is 0 Å². The molecule has 2 N–H and O–H groups in total. The first-order valence-corrected chi connectivity index (χ1v) is 6.69. The van der Waals surface area contributed by atoms with Crippen LogP contribution >= 0.6 is 0 Å². The Labute approximate surface area is 112 Å². The third-order valence-corrected chi connectivity index (χ3v) is 3.02. The van der Waals surface area contributed by atoms with E-state index in [0.717, 1.165) is 13.0 Å². The number of hydrogen-bond acceptors (Lipinski definition) is 6. The molecule has 0 saturated carbocycles. The number of rotatable bonds is 6. The van der Waals surface area contributed by atoms with E-state index in [4.69, 9.17) is 9.26 Å². The first kappa shape index (κ1) is 14.0. The zero-order chi connectivity index (χ0) is 13.7. The molecule has 2 rings (SSSR count). The molecule has 1 amide bonds. The van der Waals surface area contributed by atoms with E-state index in [1.165, 1.54) is 0 Å². The van der Waals surface area contributed by atoms with E-state index in [2.05, 4.69) is 20.8 Å². The summed E-state index contributed by atoms with van der Waals surface area (Å²) in [5.41, 5.74) is 0. The molecule has 2 atom stereocenters. The highest BCUT2D eigenvalue weighted by molar-refractivity contribution is 5.82. The van der Waals surface area contributed by atoms with Crippen LogP contribution in [0, 0.1) is 0 Å². The van der Waals surface area contributed by atoms with Crippen LogP contribution in [-0.2, 0) is 16.0 Å². The number of carbonyl (C=O) groups excluding carboxylic acids is 1. The van der Waals surface area contributed by atoms with Gasteiger partial charge in [-0.3, -0.25) is 4.79 Å². The van der Waals surface area contributed by atoms with Gasteiger partial charge < -0.3 is 19.9 Å². The number of hydrogen-bond donors (Lipinski definition) is 2. The third-order valence-electron chi connectivity index (χ3n) is 3.02. The Morgan fingerprint density at radius 1 is 1.47 bits per heavy atom. The highest BCUT2D eigenvalue weighted by Gasteiger charge is 2.25. The fourth-order valence-corrected chi connectivity index (χ4v) is 2.05. The van der Waals surface area contributed by atoms with Crippen molar-refractivity contribution in [3.8, 4) is 0 Å². The van der Waals surface area contributed by atoms with Crippen molar-refractivity contribution in [3.63, 3.8) is 0 Å². The molecule has 2 unspecified atom stereocenters. The normalized spacial score (nSPS) is 21.2. The lowest BCUT2D eigenvalue weighted by molar-refractivity contribution is -0.124. The Kier molecular flexibility index (Phi) is 4.86. The van der Waals surface area contributed by atoms with Crippen LogP contribution in [0.15, 0.2) is 4.52 Å². The Balaban J connectivity index is 1.98. The zero-order valence-electron chi connectivity index (χ0n) is 11.3. The van der Waals surface area contributed by atoms with Crippen LogP contribution in [-0.4, -0.2) is 41.8 Å². The topological polar surface area (TPSA) is 89.3 Å². The predicted molar refractivity (Wildman–Crippen MR) is 67.5 cm³/mol. The van der Waals surface area contributed by atoms with Crippen LogP contribution in [0.25, 0.3) is 0 Å². The molecule has 7 nitrogen and oxygen atoms in total. The molecular formula is C12H20N4O3. The number of carbonyl (C=O) groups is 1. The van der Waals surface area contributed by atoms with Crippen LogP contribution < -0.4 is 10.6 Å². The molecule has 2 heterocycles. The van der Waals surface area contributed by atoms with Gasteiger partial charge in [0.25, 0.3) is 0 Å². The Bertz CT molecular complexity index is 421. The number of amides is 1. The lowest BCUT2D eigenvalue weighted by Gasteiger charge is -2.21. The van der Waals surface area contributed by atoms with Gasteiger partial charge in [0.2, 0.25) is 17.6 Å². The van der Waals surface area contributed by atoms with E-state index in [1.807, 2.05) is 13.8 Å². The van der Waals surface area contributed by atoms with Crippen molar-refractivity contribution >= 4 is 5.91 Å². The maximum atomic E-state index is 11.6. The highest BCUT2D eigenvalue weighted by Crippen LogP contribution is 2.18. The van der Waals surface area contributed by atoms with Gasteiger partial charge in [0, 0.05) is 19.7 Å². The minimum Gasteiger partial charge on any atom is -0.370 e. The first-order chi connectivity index (χ1) is 9.24. The zero-order valence-corrected chi connectivity index (χ0v) is 11.3. The number of piperazine rings is 1. The van der Waals surface area contributed by atoms with Gasteiger partial charge in [-0.2, -0.15) is 4.98 Å². The number of nitrogens with zero attached hydrogens (tertiary/aromatic N) is 2. The summed E-state index contributed by atoms with van der Waals surface area (Å²) in [6.07, 6.45) is 1.05. The molecule has 1 aliphatic heterocycles. The summed E-state index contributed by atoms with van der Waals surface area (Å²) in [6, 6.07) is -0.297. The van der Waals surface area contributed by atoms with Gasteiger partial charge in [0.1, 0.15) is 6.10 Å². The standard InChI is InChI=1S/C12H20N4O3/c1-3-9(18-4-2)11-15-10(19-16-11)7-8-12(17)14-6-5-13-8/h8-9,13H,3-7H2,1-2H3,(H,14,17). The van der Waals surface area contributed by atoms with Crippen molar-refractivity contribution in [2.24, 2.45) is 0 Å². The van der Waals surface area contributed by atoms with Crippen LogP contribution in [0.5, 0.6) is 0 Å². The van der Waals surface area contributed by atoms with E-state index in [1.54, 1.807) is 0 Å². The maximum absolute atomic E-state index is 11.6. The van der Waals surface area contributed by atoms with Gasteiger partial charge in [0.15, 0.2) is 0 Å². The number of ether oxygens (including phenoxy) is 1. The second kappa shape index (κ2) is 6.63. The summed E-state index contributed by atoms with van der Waals surface area (Å²) in [6.45, 7) is 5.96. The second-order valence-electron chi connectivity index (χ2n) is 4.40. The molecule has 0 bridgehead atoms. The highest BCUT2D eigenvalue weighted by atomic mass is 16.5. The Morgan fingerprint density at radius 3 is 3.00 bits per heavy atom. The molecular weight excluding hydrogens is 248 g/mol. The van der Waals surface area contributed by atoms with E-state index in [9.17, 15) is 4.79 Å². The average Bonchev–Trinajstić information content (AvgIpc) is 2.87. The van der Waals surface area contributed by atoms with Gasteiger partial charge in [-0.1, -0.05) is 12.1 Å². The molecule has 1 aromatic heterocycles. The first-order valence-electron chi connectivity index (χ1n) is 6.69. The minimum atomic E-state index is -0.297. The Morgan fingerprint density at radius 2 is 2.32 bits per heavy atom. The second-order valence-corrected chi connectivity index (χ2v) is 4.40. The number of nitrogens with one attached hydrogen (secondary N) is 2. The quantitative estimate of drug-likeness (QED) is 0.765. The molecule has 1 aromatic rings. The molecule has 19 heavy (non-hydrogen) atoms. The van der Waals surface area contributed by atoms with Crippen LogP contribution in [0.1, 0.15) is 38.1 Å². The Hall–Kier alpha value is -1.47. The van der Waals surface area contributed by atoms with Gasteiger partial charge in [-0.05, 0) is 13.3 Å². The van der Waals surface area contributed by atoms with Crippen molar-refractivity contribution in [3.05, 3.63) is 11.7 Å². The minimum absolute atomic E-state index is 0.0251. The molecule has 1 aliphatic rings. The fraction of sp³-hybridized carbons (Fsp3) is 0.750. The summed E-state index contributed by atoms with van der Waals surface area (Å²) in [7, 11) is 0. The fourth-order valence-electron chi connectivity index (χ4n) is 2.05. The third kappa shape index (κ3) is 3.51. The maximum Gasteiger partial charge on any atom is 0.237 e. The van der Waals surface area contributed by atoms with Crippen molar-refractivity contribution < 1.29 is 14.1 Å². The van der Waals surface area contributed by atoms with Crippen molar-refractivity contribution in [1.29, 1.82) is 0 Å². The molecule has 0 radical (unpaired) electrons. The summed E-state index contributed by atoms with van der Waals surface area (Å²) >= 11 is 0. The van der Waals surface area contributed by atoms with Crippen LogP contribution in [0.3, 0.4) is 0 Å². The molecule has 106 valence electrons. The monoisotopic (exact) mass is 268 g/mol. The molecule has 7 heteroatoms. The van der Waals surface area contributed by atoms with Gasteiger partial charge in [-0.25, -0.2) is 0 Å².